The lowest BCUT2D eigenvalue weighted by atomic mass is 10.2. The van der Waals surface area contributed by atoms with Crippen molar-refractivity contribution < 1.29 is 22.7 Å². The maximum atomic E-state index is 13.3. The average Bonchev–Trinajstić information content (AvgIpc) is 3.24. The predicted molar refractivity (Wildman–Crippen MR) is 90.1 cm³/mol. The summed E-state index contributed by atoms with van der Waals surface area (Å²) in [4.78, 5) is 3.74. The molecule has 0 amide bonds. The molecule has 3 aromatic rings. The Morgan fingerprint density at radius 2 is 2.11 bits per heavy atom. The third-order valence-corrected chi connectivity index (χ3v) is 4.50. The average molecular weight is 381 g/mol. The largest absolute Gasteiger partial charge is 0.449 e. The summed E-state index contributed by atoms with van der Waals surface area (Å²) in [6, 6.07) is 3.99. The van der Waals surface area contributed by atoms with E-state index in [1.165, 1.54) is 13.0 Å². The van der Waals surface area contributed by atoms with E-state index in [2.05, 4.69) is 20.5 Å². The molecule has 2 heterocycles. The molecule has 1 atom stereocenters. The highest BCUT2D eigenvalue weighted by atomic mass is 19.4. The number of nitrogens with zero attached hydrogens (tertiary/aromatic N) is 4. The molecule has 0 spiro atoms. The first-order valence-corrected chi connectivity index (χ1v) is 8.63. The fourth-order valence-electron chi connectivity index (χ4n) is 2.95. The molecule has 1 unspecified atom stereocenters. The lowest BCUT2D eigenvalue weighted by Crippen LogP contribution is -2.19. The number of benzene rings is 1. The van der Waals surface area contributed by atoms with E-state index in [1.54, 1.807) is 12.1 Å². The SMILES string of the molecule is CC(CO)n1c(C(F)(F)F)nc2cc(NCc3nnc(C4CC4)o3)ccc21. The van der Waals surface area contributed by atoms with Crippen LogP contribution in [0, 0.1) is 0 Å². The van der Waals surface area contributed by atoms with Gasteiger partial charge in [0, 0.05) is 11.6 Å². The van der Waals surface area contributed by atoms with E-state index in [0.717, 1.165) is 17.4 Å². The van der Waals surface area contributed by atoms with Gasteiger partial charge in [-0.25, -0.2) is 4.98 Å². The smallest absolute Gasteiger partial charge is 0.423 e. The quantitative estimate of drug-likeness (QED) is 0.680. The molecule has 2 aromatic heterocycles. The number of imidazole rings is 1. The van der Waals surface area contributed by atoms with E-state index in [1.807, 2.05) is 0 Å². The summed E-state index contributed by atoms with van der Waals surface area (Å²) in [7, 11) is 0. The van der Waals surface area contributed by atoms with Crippen molar-refractivity contribution in [3.05, 3.63) is 35.8 Å². The first-order chi connectivity index (χ1) is 12.9. The number of halogens is 3. The molecule has 1 fully saturated rings. The maximum absolute atomic E-state index is 13.3. The molecule has 7 nitrogen and oxygen atoms in total. The normalized spacial score (nSPS) is 16.0. The van der Waals surface area contributed by atoms with Gasteiger partial charge in [-0.1, -0.05) is 0 Å². The van der Waals surface area contributed by atoms with Crippen LogP contribution >= 0.6 is 0 Å². The number of nitrogens with one attached hydrogen (secondary N) is 1. The highest BCUT2D eigenvalue weighted by molar-refractivity contribution is 5.80. The van der Waals surface area contributed by atoms with Crippen molar-refractivity contribution in [2.24, 2.45) is 0 Å². The summed E-state index contributed by atoms with van der Waals surface area (Å²) < 4.78 is 46.5. The van der Waals surface area contributed by atoms with Crippen molar-refractivity contribution >= 4 is 16.7 Å². The van der Waals surface area contributed by atoms with Crippen LogP contribution in [0.15, 0.2) is 22.6 Å². The van der Waals surface area contributed by atoms with Crippen LogP contribution in [0.5, 0.6) is 0 Å². The van der Waals surface area contributed by atoms with Crippen LogP contribution in [0.1, 0.15) is 49.3 Å². The second kappa shape index (κ2) is 6.52. The molecular formula is C17H18F3N5O2. The van der Waals surface area contributed by atoms with Crippen LogP contribution in [0.4, 0.5) is 18.9 Å². The third kappa shape index (κ3) is 3.48. The van der Waals surface area contributed by atoms with E-state index in [4.69, 9.17) is 4.42 Å². The summed E-state index contributed by atoms with van der Waals surface area (Å²) in [5, 5.41) is 20.3. The fraction of sp³-hybridized carbons (Fsp3) is 0.471. The van der Waals surface area contributed by atoms with E-state index >= 15 is 0 Å². The second-order valence-corrected chi connectivity index (χ2v) is 6.70. The Morgan fingerprint density at radius 3 is 2.78 bits per heavy atom. The molecule has 144 valence electrons. The number of hydrogen-bond donors (Lipinski definition) is 2. The zero-order valence-corrected chi connectivity index (χ0v) is 14.5. The lowest BCUT2D eigenvalue weighted by molar-refractivity contribution is -0.147. The van der Waals surface area contributed by atoms with E-state index in [9.17, 15) is 18.3 Å². The summed E-state index contributed by atoms with van der Waals surface area (Å²) in [5.74, 6) is 0.393. The Hall–Kier alpha value is -2.62. The minimum absolute atomic E-state index is 0.192. The Morgan fingerprint density at radius 1 is 1.33 bits per heavy atom. The van der Waals surface area contributed by atoms with Crippen molar-refractivity contribution in [2.75, 3.05) is 11.9 Å². The molecule has 1 aliphatic rings. The standard InChI is InChI=1S/C17H18F3N5O2/c1-9(8-26)25-13-5-4-11(6-12(13)22-16(25)17(18,19)20)21-7-14-23-24-15(27-14)10-2-3-10/h4-6,9-10,21,26H,2-3,7-8H2,1H3. The lowest BCUT2D eigenvalue weighted by Gasteiger charge is -2.16. The highest BCUT2D eigenvalue weighted by Gasteiger charge is 2.38. The van der Waals surface area contributed by atoms with E-state index < -0.39 is 24.6 Å². The molecule has 0 aliphatic heterocycles. The molecule has 27 heavy (non-hydrogen) atoms. The third-order valence-electron chi connectivity index (χ3n) is 4.50. The fourth-order valence-corrected chi connectivity index (χ4v) is 2.95. The van der Waals surface area contributed by atoms with E-state index in [0.29, 0.717) is 28.9 Å². The van der Waals surface area contributed by atoms with Crippen LogP contribution in [0.25, 0.3) is 11.0 Å². The topological polar surface area (TPSA) is 89.0 Å². The Bertz CT molecular complexity index is 961. The number of alkyl halides is 3. The number of fused-ring (bicyclic) bond motifs is 1. The predicted octanol–water partition coefficient (Wildman–Crippen LogP) is 3.48. The van der Waals surface area contributed by atoms with Gasteiger partial charge in [0.1, 0.15) is 0 Å². The number of hydrogen-bond acceptors (Lipinski definition) is 6. The van der Waals surface area contributed by atoms with Gasteiger partial charge < -0.3 is 19.4 Å². The van der Waals surface area contributed by atoms with Gasteiger partial charge >= 0.3 is 6.18 Å². The molecule has 4 rings (SSSR count). The van der Waals surface area contributed by atoms with E-state index in [-0.39, 0.29) is 12.1 Å². The van der Waals surface area contributed by atoms with Gasteiger partial charge in [0.25, 0.3) is 0 Å². The number of aliphatic hydroxyl groups is 1. The maximum Gasteiger partial charge on any atom is 0.449 e. The van der Waals surface area contributed by atoms with Gasteiger partial charge in [-0.05, 0) is 38.0 Å². The molecule has 1 aliphatic carbocycles. The van der Waals surface area contributed by atoms with Crippen LogP contribution < -0.4 is 5.32 Å². The Labute approximate surface area is 152 Å². The summed E-state index contributed by atoms with van der Waals surface area (Å²) in [5.41, 5.74) is 1.09. The van der Waals surface area contributed by atoms with Crippen LogP contribution in [0.3, 0.4) is 0 Å². The zero-order valence-electron chi connectivity index (χ0n) is 14.5. The molecular weight excluding hydrogens is 363 g/mol. The van der Waals surface area contributed by atoms with Gasteiger partial charge in [-0.2, -0.15) is 13.2 Å². The summed E-state index contributed by atoms with van der Waals surface area (Å²) in [6.07, 6.45) is -2.50. The molecule has 10 heteroatoms. The van der Waals surface area contributed by atoms with Gasteiger partial charge in [0.05, 0.1) is 30.2 Å². The number of rotatable bonds is 6. The summed E-state index contributed by atoms with van der Waals surface area (Å²) >= 11 is 0. The first-order valence-electron chi connectivity index (χ1n) is 8.63. The molecule has 2 N–H and O–H groups in total. The zero-order chi connectivity index (χ0) is 19.2. The number of aromatic nitrogens is 4. The van der Waals surface area contributed by atoms with Gasteiger partial charge in [-0.15, -0.1) is 10.2 Å². The Balaban J connectivity index is 1.59. The molecule has 0 bridgehead atoms. The van der Waals surface area contributed by atoms with Crippen molar-refractivity contribution in [1.82, 2.24) is 19.7 Å². The monoisotopic (exact) mass is 381 g/mol. The van der Waals surface area contributed by atoms with Gasteiger partial charge in [-0.3, -0.25) is 0 Å². The summed E-state index contributed by atoms with van der Waals surface area (Å²) in [6.45, 7) is 1.36. The minimum Gasteiger partial charge on any atom is -0.423 e. The second-order valence-electron chi connectivity index (χ2n) is 6.70. The van der Waals surface area contributed by atoms with Gasteiger partial charge in [0.2, 0.25) is 17.6 Å². The van der Waals surface area contributed by atoms with Crippen LogP contribution in [-0.2, 0) is 12.7 Å². The minimum atomic E-state index is -4.61. The molecule has 1 aromatic carbocycles. The van der Waals surface area contributed by atoms with Gasteiger partial charge in [0.15, 0.2) is 0 Å². The number of aliphatic hydroxyl groups excluding tert-OH is 1. The van der Waals surface area contributed by atoms with Crippen molar-refractivity contribution in [3.8, 4) is 0 Å². The van der Waals surface area contributed by atoms with Crippen molar-refractivity contribution in [2.45, 2.75) is 44.4 Å². The van der Waals surface area contributed by atoms with Crippen molar-refractivity contribution in [3.63, 3.8) is 0 Å². The molecule has 0 saturated heterocycles. The molecule has 0 radical (unpaired) electrons. The highest BCUT2D eigenvalue weighted by Crippen LogP contribution is 2.39. The Kier molecular flexibility index (Phi) is 4.29. The molecule has 1 saturated carbocycles. The van der Waals surface area contributed by atoms with Crippen LogP contribution in [0.2, 0.25) is 0 Å². The van der Waals surface area contributed by atoms with Crippen molar-refractivity contribution in [1.29, 1.82) is 0 Å². The first kappa shape index (κ1) is 17.8. The van der Waals surface area contributed by atoms with Crippen LogP contribution in [-0.4, -0.2) is 31.5 Å². The number of anilines is 1.